The molecule has 2 N–H and O–H groups in total. The average molecular weight is 561 g/mol. The van der Waals surface area contributed by atoms with Gasteiger partial charge in [-0.05, 0) is 44.2 Å². The van der Waals surface area contributed by atoms with Gasteiger partial charge in [-0.15, -0.1) is 33.1 Å². The molecule has 3 aromatic heterocycles. The van der Waals surface area contributed by atoms with Crippen molar-refractivity contribution >= 4 is 64.9 Å². The molecule has 1 fully saturated rings. The summed E-state index contributed by atoms with van der Waals surface area (Å²) in [7, 11) is 0. The molecule has 1 unspecified atom stereocenters. The van der Waals surface area contributed by atoms with Gasteiger partial charge in [0, 0.05) is 5.56 Å². The normalized spacial score (nSPS) is 26.0. The molecule has 3 aliphatic rings. The van der Waals surface area contributed by atoms with Gasteiger partial charge in [-0.1, -0.05) is 79.3 Å². The Labute approximate surface area is 254 Å². The van der Waals surface area contributed by atoms with Gasteiger partial charge in [0.05, 0.1) is 6.26 Å². The van der Waals surface area contributed by atoms with E-state index in [4.69, 9.17) is 20.3 Å². The number of Topliss-reactive ketones (excluding diaryl/α,β-unsaturated/α-hetero) is 1. The third kappa shape index (κ3) is 4.15. The number of nitrogens with zero attached hydrogens (tertiary/aromatic N) is 4. The van der Waals surface area contributed by atoms with Crippen molar-refractivity contribution in [2.24, 2.45) is 17.8 Å². The van der Waals surface area contributed by atoms with Gasteiger partial charge in [0.15, 0.2) is 5.78 Å². The van der Waals surface area contributed by atoms with Crippen LogP contribution in [0.5, 0.6) is 0 Å². The van der Waals surface area contributed by atoms with Gasteiger partial charge in [0.1, 0.15) is 5.92 Å². The Kier molecular flexibility index (Phi) is 7.40. The molecule has 41 heavy (non-hydrogen) atoms. The Morgan fingerprint density at radius 2 is 1.61 bits per heavy atom. The van der Waals surface area contributed by atoms with Crippen LogP contribution in [0.25, 0.3) is 35.4 Å². The first-order valence-corrected chi connectivity index (χ1v) is 13.8. The summed E-state index contributed by atoms with van der Waals surface area (Å²) in [5.41, 5.74) is 7.46. The standard InChI is InChI=1S/C32H32N4O4.Mg/c1-7-17-15(5)22-9-20-13(3)14(4)21(33-20)10-25-19(12-37)18(8-2)24(34-25)11-23-16(6)26-30(36-23)27(29(17)35-22)28(31(26)38)32(39)40;/h9-12,15,17,28-29H,7-8H2,1-6H3,(H,37,38)(H,39,40);/q-4;+2/b22-9+,25-10-;/t15-,17-,28+,29?;/m0./s1. The molecule has 4 atom stereocenters. The molecule has 0 radical (unpaired) electrons. The van der Waals surface area contributed by atoms with Gasteiger partial charge in [-0.25, -0.2) is 0 Å². The number of aliphatic hydroxyl groups is 1. The molecular weight excluding hydrogens is 529 g/mol. The molecule has 1 saturated heterocycles. The van der Waals surface area contributed by atoms with Crippen LogP contribution in [0.3, 0.4) is 0 Å². The third-order valence-corrected chi connectivity index (χ3v) is 9.20. The zero-order valence-corrected chi connectivity index (χ0v) is 25.7. The fourth-order valence-electron chi connectivity index (χ4n) is 6.76. The topological polar surface area (TPSA) is 131 Å². The van der Waals surface area contributed by atoms with Crippen LogP contribution in [0.2, 0.25) is 0 Å². The number of carbonyl (C=O) groups is 2. The van der Waals surface area contributed by atoms with Gasteiger partial charge in [0.25, 0.3) is 0 Å². The largest absolute Gasteiger partial charge is 2.00 e. The van der Waals surface area contributed by atoms with Crippen molar-refractivity contribution in [1.29, 1.82) is 0 Å². The van der Waals surface area contributed by atoms with E-state index in [2.05, 4.69) is 13.8 Å². The molecule has 9 heteroatoms. The molecule has 0 saturated carbocycles. The number of fused-ring (bicyclic) bond motifs is 8. The van der Waals surface area contributed by atoms with Gasteiger partial charge >= 0.3 is 29.0 Å². The minimum Gasteiger partial charge on any atom is -0.681 e. The van der Waals surface area contributed by atoms with E-state index in [1.807, 2.05) is 45.9 Å². The van der Waals surface area contributed by atoms with Gasteiger partial charge in [-0.3, -0.25) is 9.59 Å². The number of aliphatic hydroxyl groups excluding tert-OH is 1. The van der Waals surface area contributed by atoms with E-state index in [-0.39, 0.29) is 34.9 Å². The van der Waals surface area contributed by atoms with Crippen LogP contribution in [0.4, 0.5) is 0 Å². The van der Waals surface area contributed by atoms with Crippen LogP contribution in [0.1, 0.15) is 76.9 Å². The Bertz CT molecular complexity index is 1890. The Morgan fingerprint density at radius 3 is 2.22 bits per heavy atom. The molecule has 8 bridgehead atoms. The van der Waals surface area contributed by atoms with E-state index >= 15 is 0 Å². The minimum absolute atomic E-state index is 0. The number of carboxylic acids is 1. The molecule has 0 amide bonds. The number of ketones is 1. The third-order valence-electron chi connectivity index (χ3n) is 9.20. The van der Waals surface area contributed by atoms with Crippen LogP contribution in [-0.2, 0) is 11.2 Å². The summed E-state index contributed by atoms with van der Waals surface area (Å²) >= 11 is 0. The summed E-state index contributed by atoms with van der Waals surface area (Å²) < 4.78 is 0. The molecule has 0 spiro atoms. The molecular formula is C32H32MgN4O4-2. The first kappa shape index (κ1) is 29.1. The molecule has 1 aliphatic carbocycles. The van der Waals surface area contributed by atoms with E-state index in [1.54, 1.807) is 0 Å². The summed E-state index contributed by atoms with van der Waals surface area (Å²) in [5.74, 6) is -2.84. The van der Waals surface area contributed by atoms with E-state index in [0.29, 0.717) is 50.1 Å². The number of allylic oxidation sites excluding steroid dienone is 1. The number of carboxylic acid groups (broad SMARTS) is 1. The zero-order chi connectivity index (χ0) is 28.6. The van der Waals surface area contributed by atoms with Crippen molar-refractivity contribution < 1.29 is 19.8 Å². The van der Waals surface area contributed by atoms with Crippen molar-refractivity contribution in [3.05, 3.63) is 77.2 Å². The zero-order valence-electron chi connectivity index (χ0n) is 24.2. The first-order chi connectivity index (χ1) is 19.1. The summed E-state index contributed by atoms with van der Waals surface area (Å²) in [4.78, 5) is 40.8. The molecule has 3 aromatic rings. The quantitative estimate of drug-likeness (QED) is 0.366. The minimum atomic E-state index is -1.30. The summed E-state index contributed by atoms with van der Waals surface area (Å²) in [5, 5.41) is 27.8. The monoisotopic (exact) mass is 560 g/mol. The van der Waals surface area contributed by atoms with Crippen LogP contribution in [0.15, 0.2) is 5.70 Å². The van der Waals surface area contributed by atoms with E-state index in [1.165, 1.54) is 0 Å². The Balaban J connectivity index is 0.00000337. The van der Waals surface area contributed by atoms with E-state index in [9.17, 15) is 19.8 Å². The van der Waals surface area contributed by atoms with Crippen molar-refractivity contribution in [1.82, 2.24) is 15.0 Å². The Morgan fingerprint density at radius 1 is 0.951 bits per heavy atom. The predicted molar refractivity (Wildman–Crippen MR) is 158 cm³/mol. The number of carbonyl (C=O) groups excluding carboxylic acids is 1. The second kappa shape index (κ2) is 10.4. The predicted octanol–water partition coefficient (Wildman–Crippen LogP) is 1.44. The maximum atomic E-state index is 13.6. The summed E-state index contributed by atoms with van der Waals surface area (Å²) in [6, 6.07) is -0.472. The van der Waals surface area contributed by atoms with Crippen molar-refractivity contribution in [3.63, 3.8) is 0 Å². The first-order valence-electron chi connectivity index (χ1n) is 13.8. The molecule has 8 nitrogen and oxygen atoms in total. The summed E-state index contributed by atoms with van der Waals surface area (Å²) in [6.45, 7) is 12.0. The molecule has 0 aromatic carbocycles. The molecule has 208 valence electrons. The number of hydrogen-bond donors (Lipinski definition) is 2. The second-order valence-corrected chi connectivity index (χ2v) is 11.1. The average Bonchev–Trinajstić information content (AvgIpc) is 3.66. The molecule has 6 rings (SSSR count). The van der Waals surface area contributed by atoms with E-state index in [0.717, 1.165) is 46.5 Å². The summed E-state index contributed by atoms with van der Waals surface area (Å²) in [6.07, 6.45) is 8.21. The van der Waals surface area contributed by atoms with E-state index < -0.39 is 23.7 Å². The fraction of sp³-hybridized carbons (Fsp3) is 0.375. The fourth-order valence-corrected chi connectivity index (χ4v) is 6.76. The molecule has 2 aliphatic heterocycles. The number of rotatable bonds is 3. The number of hydrogen-bond acceptors (Lipinski definition) is 3. The van der Waals surface area contributed by atoms with Crippen molar-refractivity contribution in [2.75, 3.05) is 0 Å². The van der Waals surface area contributed by atoms with Gasteiger partial charge < -0.3 is 30.5 Å². The number of aromatic nitrogens is 3. The van der Waals surface area contributed by atoms with Crippen molar-refractivity contribution in [2.45, 2.75) is 60.4 Å². The maximum absolute atomic E-state index is 13.6. The van der Waals surface area contributed by atoms with Crippen molar-refractivity contribution in [3.8, 4) is 0 Å². The van der Waals surface area contributed by atoms with Crippen LogP contribution in [-0.4, -0.2) is 51.1 Å². The molecule has 5 heterocycles. The maximum Gasteiger partial charge on any atom is 2.00 e. The number of aliphatic carboxylic acids is 1. The van der Waals surface area contributed by atoms with Gasteiger partial charge in [0.2, 0.25) is 0 Å². The van der Waals surface area contributed by atoms with Gasteiger partial charge in [-0.2, -0.15) is 5.70 Å². The SMILES string of the molecule is CCc1c2[n-]c(/c1=C\O)=C\c1[n-]c(c(C)c1C)/C=C1/[N-]C(C3=c4[n-]/c(c(C)c4C(=O)[C@@H]3C(=O)O)=C\2)[C@@H](CC)[C@@H]1C.[Mg+2]. The van der Waals surface area contributed by atoms with Crippen LogP contribution >= 0.6 is 0 Å². The Hall–Kier alpha value is -3.43. The van der Waals surface area contributed by atoms with Crippen LogP contribution in [0, 0.1) is 38.5 Å². The smallest absolute Gasteiger partial charge is 0.681 e. The van der Waals surface area contributed by atoms with Crippen LogP contribution < -0.4 is 36.2 Å². The second-order valence-electron chi connectivity index (χ2n) is 11.1.